The Morgan fingerprint density at radius 2 is 1.43 bits per heavy atom. The Labute approximate surface area is 315 Å². The van der Waals surface area contributed by atoms with Crippen molar-refractivity contribution in [3.8, 4) is 0 Å². The summed E-state index contributed by atoms with van der Waals surface area (Å²) in [6.07, 6.45) is 1.60. The Morgan fingerprint density at radius 3 is 2.09 bits per heavy atom. The lowest BCUT2D eigenvalue weighted by molar-refractivity contribution is -0.114. The predicted molar refractivity (Wildman–Crippen MR) is 212 cm³/mol. The van der Waals surface area contributed by atoms with Crippen LogP contribution in [0.1, 0.15) is 41.5 Å². The Balaban J connectivity index is 1.27. The van der Waals surface area contributed by atoms with Gasteiger partial charge in [-0.15, -0.1) is 23.1 Å². The van der Waals surface area contributed by atoms with Crippen molar-refractivity contribution in [3.63, 3.8) is 0 Å². The lowest BCUT2D eigenvalue weighted by atomic mass is 10.1. The average molecular weight is 748 g/mol. The molecule has 0 aliphatic heterocycles. The molecule has 4 aromatic carbocycles. The maximum absolute atomic E-state index is 13.6. The summed E-state index contributed by atoms with van der Waals surface area (Å²) in [5, 5.41) is 11.4. The van der Waals surface area contributed by atoms with Crippen LogP contribution in [0.25, 0.3) is 6.08 Å². The topological polar surface area (TPSA) is 146 Å². The van der Waals surface area contributed by atoms with E-state index in [1.54, 1.807) is 91.9 Å². The van der Waals surface area contributed by atoms with Gasteiger partial charge in [0.25, 0.3) is 17.7 Å². The van der Waals surface area contributed by atoms with Crippen molar-refractivity contribution >= 4 is 80.8 Å². The smallest absolute Gasteiger partial charge is 0.341 e. The van der Waals surface area contributed by atoms with Crippen LogP contribution in [0, 0.1) is 6.92 Å². The average Bonchev–Trinajstić information content (AvgIpc) is 3.49. The molecule has 0 saturated carbocycles. The van der Waals surface area contributed by atoms with Gasteiger partial charge in [0.15, 0.2) is 0 Å². The molecule has 53 heavy (non-hydrogen) atoms. The third-order valence-electron chi connectivity index (χ3n) is 7.74. The molecule has 0 bridgehead atoms. The zero-order valence-electron chi connectivity index (χ0n) is 29.4. The normalized spacial score (nSPS) is 10.9. The summed E-state index contributed by atoms with van der Waals surface area (Å²) >= 11 is 2.19. The Morgan fingerprint density at radius 1 is 0.774 bits per heavy atom. The van der Waals surface area contributed by atoms with Gasteiger partial charge in [-0.2, -0.15) is 0 Å². The first-order valence-electron chi connectivity index (χ1n) is 16.3. The number of benzene rings is 4. The number of carbonyl (C=O) groups is 5. The number of esters is 1. The number of anilines is 4. The lowest BCUT2D eigenvalue weighted by Crippen LogP contribution is -2.30. The minimum Gasteiger partial charge on any atom is -0.465 e. The molecule has 13 heteroatoms. The minimum atomic E-state index is -0.678. The molecule has 0 saturated heterocycles. The van der Waals surface area contributed by atoms with E-state index in [1.807, 2.05) is 49.3 Å². The van der Waals surface area contributed by atoms with E-state index in [0.29, 0.717) is 33.0 Å². The SMILES string of the molecule is COC(=O)c1c(NC(=O)CSc2cccc(NC(=O)/C(=C\c3ccc(N(C)C)cc3)NC(=O)c3ccccc3)c2)sc(C(=O)Nc2ccccc2)c1C. The van der Waals surface area contributed by atoms with Crippen LogP contribution in [0.5, 0.6) is 0 Å². The quantitative estimate of drug-likeness (QED) is 0.0558. The summed E-state index contributed by atoms with van der Waals surface area (Å²) in [5.74, 6) is -2.53. The van der Waals surface area contributed by atoms with Crippen LogP contribution in [0.4, 0.5) is 22.1 Å². The fourth-order valence-corrected chi connectivity index (χ4v) is 6.89. The maximum Gasteiger partial charge on any atom is 0.341 e. The zero-order chi connectivity index (χ0) is 37.9. The standard InChI is InChI=1S/C40H37N5O6S2/c1-25-34(40(50)51-4)39(53-35(25)38(49)41-28-14-9-6-10-15-28)44-33(46)24-52-31-17-11-16-29(23-31)42-37(48)32(43-36(47)27-12-7-5-8-13-27)22-26-18-20-30(21-19-26)45(2)3/h5-23H,24H2,1-4H3,(H,41,49)(H,42,48)(H,43,47)(H,44,46)/b32-22+. The highest BCUT2D eigenvalue weighted by atomic mass is 32.2. The van der Waals surface area contributed by atoms with Crippen molar-refractivity contribution in [2.45, 2.75) is 11.8 Å². The molecule has 0 aliphatic carbocycles. The molecular weight excluding hydrogens is 711 g/mol. The Hall–Kier alpha value is -6.18. The molecule has 0 aliphatic rings. The third kappa shape index (κ3) is 10.2. The van der Waals surface area contributed by atoms with Crippen LogP contribution >= 0.6 is 23.1 Å². The lowest BCUT2D eigenvalue weighted by Gasteiger charge is -2.14. The van der Waals surface area contributed by atoms with E-state index in [9.17, 15) is 24.0 Å². The van der Waals surface area contributed by atoms with Gasteiger partial charge in [0.1, 0.15) is 10.7 Å². The molecule has 1 heterocycles. The molecule has 5 rings (SSSR count). The molecule has 0 fully saturated rings. The van der Waals surface area contributed by atoms with E-state index in [1.165, 1.54) is 18.9 Å². The number of thioether (sulfide) groups is 1. The highest BCUT2D eigenvalue weighted by Gasteiger charge is 2.26. The van der Waals surface area contributed by atoms with Gasteiger partial charge in [0.05, 0.1) is 23.3 Å². The van der Waals surface area contributed by atoms with Crippen LogP contribution in [-0.4, -0.2) is 56.6 Å². The largest absolute Gasteiger partial charge is 0.465 e. The van der Waals surface area contributed by atoms with E-state index < -0.39 is 29.6 Å². The maximum atomic E-state index is 13.6. The first-order chi connectivity index (χ1) is 25.5. The fraction of sp³-hybridized carbons (Fsp3) is 0.125. The second kappa shape index (κ2) is 17.8. The van der Waals surface area contributed by atoms with E-state index >= 15 is 0 Å². The summed E-state index contributed by atoms with van der Waals surface area (Å²) in [6.45, 7) is 1.63. The second-order valence-electron chi connectivity index (χ2n) is 11.8. The molecule has 5 aromatic rings. The molecule has 11 nitrogen and oxygen atoms in total. The molecule has 270 valence electrons. The molecule has 1 aromatic heterocycles. The van der Waals surface area contributed by atoms with Crippen LogP contribution < -0.4 is 26.2 Å². The van der Waals surface area contributed by atoms with Crippen LogP contribution in [0.15, 0.2) is 120 Å². The van der Waals surface area contributed by atoms with Crippen molar-refractivity contribution in [2.75, 3.05) is 47.8 Å². The zero-order valence-corrected chi connectivity index (χ0v) is 31.0. The monoisotopic (exact) mass is 747 g/mol. The van der Waals surface area contributed by atoms with E-state index in [2.05, 4.69) is 21.3 Å². The van der Waals surface area contributed by atoms with Gasteiger partial charge in [-0.05, 0) is 78.7 Å². The summed E-state index contributed by atoms with van der Waals surface area (Å²) in [7, 11) is 5.09. The van der Waals surface area contributed by atoms with Gasteiger partial charge in [0.2, 0.25) is 5.91 Å². The number of nitrogens with zero attached hydrogens (tertiary/aromatic N) is 1. The fourth-order valence-electron chi connectivity index (χ4n) is 5.03. The van der Waals surface area contributed by atoms with Gasteiger partial charge in [-0.25, -0.2) is 4.79 Å². The number of methoxy groups -OCH3 is 1. The molecule has 4 N–H and O–H groups in total. The number of para-hydroxylation sites is 1. The van der Waals surface area contributed by atoms with Gasteiger partial charge in [-0.3, -0.25) is 19.2 Å². The van der Waals surface area contributed by atoms with Crippen molar-refractivity contribution in [1.82, 2.24) is 5.32 Å². The number of hydrogen-bond donors (Lipinski definition) is 4. The molecular formula is C40H37N5O6S2. The molecule has 0 atom stereocenters. The van der Waals surface area contributed by atoms with Crippen molar-refractivity contribution in [1.29, 1.82) is 0 Å². The number of hydrogen-bond acceptors (Lipinski definition) is 9. The summed E-state index contributed by atoms with van der Waals surface area (Å²) < 4.78 is 4.95. The van der Waals surface area contributed by atoms with Crippen LogP contribution in [0.2, 0.25) is 0 Å². The van der Waals surface area contributed by atoms with E-state index in [4.69, 9.17) is 4.74 Å². The van der Waals surface area contributed by atoms with Gasteiger partial charge in [0, 0.05) is 41.6 Å². The van der Waals surface area contributed by atoms with Crippen LogP contribution in [0.3, 0.4) is 0 Å². The molecule has 0 unspecified atom stereocenters. The van der Waals surface area contributed by atoms with Crippen molar-refractivity contribution in [2.24, 2.45) is 0 Å². The second-order valence-corrected chi connectivity index (χ2v) is 13.8. The van der Waals surface area contributed by atoms with Crippen molar-refractivity contribution < 1.29 is 28.7 Å². The molecule has 4 amide bonds. The summed E-state index contributed by atoms with van der Waals surface area (Å²) in [6, 6.07) is 31.9. The van der Waals surface area contributed by atoms with Crippen molar-refractivity contribution in [3.05, 3.63) is 142 Å². The number of nitrogens with one attached hydrogen (secondary N) is 4. The van der Waals surface area contributed by atoms with Gasteiger partial charge in [-0.1, -0.05) is 54.6 Å². The van der Waals surface area contributed by atoms with E-state index in [0.717, 1.165) is 17.0 Å². The molecule has 0 spiro atoms. The Kier molecular flexibility index (Phi) is 12.8. The number of ether oxygens (including phenoxy) is 1. The number of thiophene rings is 1. The minimum absolute atomic E-state index is 0.0399. The first-order valence-corrected chi connectivity index (χ1v) is 18.1. The van der Waals surface area contributed by atoms with Gasteiger partial charge >= 0.3 is 5.97 Å². The highest BCUT2D eigenvalue weighted by molar-refractivity contribution is 8.00. The third-order valence-corrected chi connectivity index (χ3v) is 9.94. The summed E-state index contributed by atoms with van der Waals surface area (Å²) in [4.78, 5) is 68.4. The van der Waals surface area contributed by atoms with Crippen LogP contribution in [-0.2, 0) is 14.3 Å². The number of carbonyl (C=O) groups excluding carboxylic acids is 5. The predicted octanol–water partition coefficient (Wildman–Crippen LogP) is 7.30. The first kappa shape index (κ1) is 38.1. The summed E-state index contributed by atoms with van der Waals surface area (Å²) in [5.41, 5.74) is 3.66. The number of rotatable bonds is 13. The number of amides is 4. The van der Waals surface area contributed by atoms with Gasteiger partial charge < -0.3 is 30.9 Å². The van der Waals surface area contributed by atoms with E-state index in [-0.39, 0.29) is 26.9 Å². The Bertz CT molecular complexity index is 2150. The molecule has 0 radical (unpaired) electrons. The highest BCUT2D eigenvalue weighted by Crippen LogP contribution is 2.35.